The summed E-state index contributed by atoms with van der Waals surface area (Å²) < 4.78 is 44.6. The number of nitrogen functional groups attached to an aromatic ring is 1. The minimum atomic E-state index is -4.56. The van der Waals surface area contributed by atoms with Gasteiger partial charge in [-0.15, -0.1) is 0 Å². The zero-order valence-corrected chi connectivity index (χ0v) is 40.8. The number of rotatable bonds is 19. The van der Waals surface area contributed by atoms with Crippen LogP contribution >= 0.6 is 0 Å². The van der Waals surface area contributed by atoms with Crippen LogP contribution in [0.5, 0.6) is 5.75 Å². The van der Waals surface area contributed by atoms with Crippen LogP contribution in [0.3, 0.4) is 0 Å². The topological polar surface area (TPSA) is 251 Å². The van der Waals surface area contributed by atoms with E-state index < -0.39 is 17.6 Å². The maximum Gasteiger partial charge on any atom is 0.416 e. The zero-order valence-electron chi connectivity index (χ0n) is 40.8. The summed E-state index contributed by atoms with van der Waals surface area (Å²) in [6.45, 7) is 2.27. The van der Waals surface area contributed by atoms with Gasteiger partial charge in [0.25, 0.3) is 11.8 Å². The molecule has 1 atom stereocenters. The van der Waals surface area contributed by atoms with Crippen molar-refractivity contribution in [1.82, 2.24) is 30.8 Å². The number of halogens is 3. The quantitative estimate of drug-likeness (QED) is 0.0216. The van der Waals surface area contributed by atoms with Crippen molar-refractivity contribution in [2.24, 2.45) is 5.92 Å². The molecule has 2 aromatic heterocycles. The van der Waals surface area contributed by atoms with E-state index in [1.54, 1.807) is 49.6 Å². The number of piperidine rings is 2. The first kappa shape index (κ1) is 54.8. The molecule has 1 unspecified atom stereocenters. The van der Waals surface area contributed by atoms with Crippen LogP contribution in [-0.4, -0.2) is 102 Å². The molecule has 73 heavy (non-hydrogen) atoms. The second-order valence-electron chi connectivity index (χ2n) is 18.1. The summed E-state index contributed by atoms with van der Waals surface area (Å²) in [7, 11) is 1.71. The number of alkyl halides is 3. The maximum atomic E-state index is 13.0. The normalized spacial score (nSPS) is 16.4. The van der Waals surface area contributed by atoms with Crippen molar-refractivity contribution < 1.29 is 46.7 Å². The number of imide groups is 1. The van der Waals surface area contributed by atoms with Gasteiger partial charge in [0.2, 0.25) is 17.7 Å². The van der Waals surface area contributed by atoms with E-state index >= 15 is 0 Å². The second-order valence-corrected chi connectivity index (χ2v) is 18.1. The van der Waals surface area contributed by atoms with Crippen molar-refractivity contribution in [1.29, 1.82) is 5.41 Å². The van der Waals surface area contributed by atoms with Crippen LogP contribution in [0.2, 0.25) is 0 Å². The van der Waals surface area contributed by atoms with E-state index in [2.05, 4.69) is 36.6 Å². The fourth-order valence-electron chi connectivity index (χ4n) is 8.93. The standard InChI is InChI=1S/C32H37F3N8O2.C21H26N2O5/c1-38-29-22(7-5-6-15-39-19-26(44)42-24-8-3-2-4-9-24)18-41-30(37)27(29)28(36)20-10-12-21(13-11-20)31(45)43-25-17-23(14-16-40-25)32(33,34)35;24-13-1-2-15-9-11-23(12-10-15)20(26)14-28-17-5-3-16(4-6-17)18-7-8-19(25)22-21(18)27/h5,7,10-14,16-18,24,36,39H,2-4,6,8-9,15,19H2,1H3,(H,42,44)(H3,37,38,41)(H,40,43,45);3-6,13,15,18H,1-2,7-12,14H2,(H,22,25,27)/b7-5+,36-28?;. The monoisotopic (exact) mass is 1010 g/mol. The molecule has 2 saturated heterocycles. The van der Waals surface area contributed by atoms with Crippen LogP contribution in [0.1, 0.15) is 121 Å². The summed E-state index contributed by atoms with van der Waals surface area (Å²) in [5.41, 5.74) is 8.47. The number of likely N-dealkylation sites (tertiary alicyclic amines) is 1. The van der Waals surface area contributed by atoms with Gasteiger partial charge < -0.3 is 41.4 Å². The molecule has 8 N–H and O–H groups in total. The number of hydrogen-bond acceptors (Lipinski definition) is 13. The minimum absolute atomic E-state index is 0.00984. The Kier molecular flexibility index (Phi) is 20.2. The van der Waals surface area contributed by atoms with Gasteiger partial charge in [-0.1, -0.05) is 55.7 Å². The third-order valence-electron chi connectivity index (χ3n) is 13.0. The molecule has 0 radical (unpaired) electrons. The number of carbonyl (C=O) groups excluding carboxylic acids is 6. The summed E-state index contributed by atoms with van der Waals surface area (Å²) in [4.78, 5) is 80.7. The number of carbonyl (C=O) groups is 6. The van der Waals surface area contributed by atoms with Gasteiger partial charge in [-0.2, -0.15) is 13.2 Å². The number of ether oxygens (including phenoxy) is 1. The van der Waals surface area contributed by atoms with Gasteiger partial charge in [0.1, 0.15) is 23.7 Å². The lowest BCUT2D eigenvalue weighted by molar-refractivity contribution is -0.138. The van der Waals surface area contributed by atoms with Crippen LogP contribution in [-0.2, 0) is 30.1 Å². The van der Waals surface area contributed by atoms with Crippen molar-refractivity contribution in [2.45, 2.75) is 95.2 Å². The van der Waals surface area contributed by atoms with Gasteiger partial charge in [0.05, 0.1) is 35.0 Å². The van der Waals surface area contributed by atoms with Crippen LogP contribution < -0.4 is 37.1 Å². The third-order valence-corrected chi connectivity index (χ3v) is 13.0. The van der Waals surface area contributed by atoms with E-state index in [1.807, 2.05) is 17.1 Å². The molecule has 2 aromatic carbocycles. The fraction of sp³-hybridized carbons (Fsp3) is 0.415. The Bertz CT molecular complexity index is 2600. The Morgan fingerprint density at radius 2 is 1.64 bits per heavy atom. The number of benzene rings is 2. The maximum absolute atomic E-state index is 13.0. The molecular formula is C53H63F3N10O7. The number of nitrogens with one attached hydrogen (secondary N) is 6. The number of aromatic nitrogens is 2. The first-order valence-corrected chi connectivity index (χ1v) is 24.6. The lowest BCUT2D eigenvalue weighted by Gasteiger charge is -2.31. The number of pyridine rings is 2. The number of nitrogens with zero attached hydrogens (tertiary/aromatic N) is 3. The molecule has 388 valence electrons. The Hall–Kier alpha value is -7.48. The Morgan fingerprint density at radius 1 is 0.932 bits per heavy atom. The average molecular weight is 1010 g/mol. The number of nitrogens with two attached hydrogens (primary N) is 1. The third kappa shape index (κ3) is 16.3. The van der Waals surface area contributed by atoms with Crippen LogP contribution in [0.4, 0.5) is 30.5 Å². The summed E-state index contributed by atoms with van der Waals surface area (Å²) >= 11 is 0. The zero-order chi connectivity index (χ0) is 52.3. The summed E-state index contributed by atoms with van der Waals surface area (Å²) in [6, 6.07) is 15.0. The number of anilines is 3. The molecule has 0 bridgehead atoms. The fourth-order valence-corrected chi connectivity index (χ4v) is 8.93. The number of aldehydes is 1. The highest BCUT2D eigenvalue weighted by Crippen LogP contribution is 2.32. The summed E-state index contributed by atoms with van der Waals surface area (Å²) in [5, 5.41) is 22.9. The van der Waals surface area contributed by atoms with E-state index in [-0.39, 0.29) is 71.7 Å². The molecule has 4 heterocycles. The first-order chi connectivity index (χ1) is 35.1. The Labute approximate surface area is 422 Å². The van der Waals surface area contributed by atoms with E-state index in [9.17, 15) is 41.9 Å². The van der Waals surface area contributed by atoms with Crippen molar-refractivity contribution in [3.63, 3.8) is 0 Å². The Balaban J connectivity index is 0.000000265. The Morgan fingerprint density at radius 3 is 2.32 bits per heavy atom. The second kappa shape index (κ2) is 26.8. The molecule has 3 aliphatic rings. The van der Waals surface area contributed by atoms with Gasteiger partial charge >= 0.3 is 6.18 Å². The van der Waals surface area contributed by atoms with Crippen LogP contribution in [0, 0.1) is 11.3 Å². The van der Waals surface area contributed by atoms with Gasteiger partial charge in [-0.3, -0.25) is 34.7 Å². The van der Waals surface area contributed by atoms with Crippen molar-refractivity contribution in [2.75, 3.05) is 56.2 Å². The number of hydrogen-bond donors (Lipinski definition) is 7. The van der Waals surface area contributed by atoms with Gasteiger partial charge in [0, 0.05) is 68.1 Å². The molecule has 17 nitrogen and oxygen atoms in total. The molecule has 5 amide bonds. The largest absolute Gasteiger partial charge is 0.484 e. The molecular weight excluding hydrogens is 946 g/mol. The van der Waals surface area contributed by atoms with E-state index in [4.69, 9.17) is 15.9 Å². The molecule has 0 spiro atoms. The predicted molar refractivity (Wildman–Crippen MR) is 271 cm³/mol. The predicted octanol–water partition coefficient (Wildman–Crippen LogP) is 7.03. The lowest BCUT2D eigenvalue weighted by atomic mass is 9.90. The van der Waals surface area contributed by atoms with E-state index in [0.717, 1.165) is 75.1 Å². The van der Waals surface area contributed by atoms with Crippen molar-refractivity contribution in [3.8, 4) is 5.75 Å². The minimum Gasteiger partial charge on any atom is -0.484 e. The van der Waals surface area contributed by atoms with Crippen molar-refractivity contribution in [3.05, 3.63) is 113 Å². The van der Waals surface area contributed by atoms with Crippen LogP contribution in [0.15, 0.2) is 79.1 Å². The first-order valence-electron chi connectivity index (χ1n) is 24.6. The highest BCUT2D eigenvalue weighted by Gasteiger charge is 2.31. The number of amides is 5. The van der Waals surface area contributed by atoms with E-state index in [1.165, 1.54) is 18.6 Å². The lowest BCUT2D eigenvalue weighted by Crippen LogP contribution is -2.41. The molecule has 7 rings (SSSR count). The molecule has 3 fully saturated rings. The summed E-state index contributed by atoms with van der Waals surface area (Å²) in [6.07, 6.45) is 13.3. The average Bonchev–Trinajstić information content (AvgIpc) is 3.39. The van der Waals surface area contributed by atoms with Gasteiger partial charge in [0.15, 0.2) is 6.61 Å². The summed E-state index contributed by atoms with van der Waals surface area (Å²) in [5.74, 6) is -0.491. The smallest absolute Gasteiger partial charge is 0.416 e. The van der Waals surface area contributed by atoms with Gasteiger partial charge in [-0.05, 0) is 99.4 Å². The SMILES string of the molecule is CNc1c(/C=C/CCNCC(=O)NC2CCCCC2)cnc(N)c1C(=N)c1ccc(C(=O)Nc2cc(C(F)(F)F)ccn2)cc1.O=CCCC1CCN(C(=O)COc2ccc(C3CCC(=O)NC3=O)cc2)CC1. The molecule has 1 aliphatic carbocycles. The highest BCUT2D eigenvalue weighted by atomic mass is 19.4. The van der Waals surface area contributed by atoms with Crippen LogP contribution in [0.25, 0.3) is 6.08 Å². The van der Waals surface area contributed by atoms with Crippen molar-refractivity contribution >= 4 is 64.9 Å². The molecule has 20 heteroatoms. The molecule has 1 saturated carbocycles. The molecule has 4 aromatic rings. The van der Waals surface area contributed by atoms with E-state index in [0.29, 0.717) is 79.4 Å². The molecule has 2 aliphatic heterocycles. The highest BCUT2D eigenvalue weighted by molar-refractivity contribution is 6.17. The van der Waals surface area contributed by atoms with Gasteiger partial charge in [-0.25, -0.2) is 9.97 Å².